The van der Waals surface area contributed by atoms with E-state index in [1.165, 1.54) is 12.5 Å². The maximum atomic E-state index is 14.8. The van der Waals surface area contributed by atoms with Gasteiger partial charge in [0.2, 0.25) is 0 Å². The zero-order valence-corrected chi connectivity index (χ0v) is 18.4. The molecule has 1 aromatic carbocycles. The van der Waals surface area contributed by atoms with Crippen LogP contribution in [-0.2, 0) is 17.9 Å². The van der Waals surface area contributed by atoms with Gasteiger partial charge in [-0.15, -0.1) is 12.4 Å². The number of carbonyl (C=O) groups is 1. The molecular formula is C22H31ClFN3O3. The highest BCUT2D eigenvalue weighted by molar-refractivity contribution is 5.85. The van der Waals surface area contributed by atoms with E-state index >= 15 is 0 Å². The van der Waals surface area contributed by atoms with Crippen LogP contribution < -0.4 is 16.1 Å². The third-order valence-electron chi connectivity index (χ3n) is 5.79. The minimum absolute atomic E-state index is 0. The highest BCUT2D eigenvalue weighted by Crippen LogP contribution is 2.26. The van der Waals surface area contributed by atoms with Crippen LogP contribution in [0.3, 0.4) is 0 Å². The molecule has 3 rings (SSSR count). The molecule has 2 aromatic rings. The van der Waals surface area contributed by atoms with Crippen LogP contribution in [0.1, 0.15) is 57.9 Å². The first-order valence-corrected chi connectivity index (χ1v) is 10.5. The van der Waals surface area contributed by atoms with Crippen molar-refractivity contribution in [3.63, 3.8) is 0 Å². The molecule has 1 unspecified atom stereocenters. The zero-order valence-electron chi connectivity index (χ0n) is 17.5. The molecule has 0 spiro atoms. The molecule has 0 bridgehead atoms. The fourth-order valence-electron chi connectivity index (χ4n) is 4.08. The predicted molar refractivity (Wildman–Crippen MR) is 120 cm³/mol. The van der Waals surface area contributed by atoms with E-state index in [1.807, 2.05) is 11.5 Å². The number of fused-ring (bicyclic) bond motifs is 1. The number of nitrogens with zero attached hydrogens (tertiary/aromatic N) is 1. The van der Waals surface area contributed by atoms with Gasteiger partial charge in [0, 0.05) is 36.3 Å². The summed E-state index contributed by atoms with van der Waals surface area (Å²) in [6.45, 7) is 4.48. The van der Waals surface area contributed by atoms with Crippen LogP contribution in [0.25, 0.3) is 10.9 Å². The molecule has 0 amide bonds. The van der Waals surface area contributed by atoms with Crippen molar-refractivity contribution in [1.82, 2.24) is 9.88 Å². The molecule has 6 nitrogen and oxygen atoms in total. The van der Waals surface area contributed by atoms with Crippen LogP contribution >= 0.6 is 12.4 Å². The average Bonchev–Trinajstić information content (AvgIpc) is 2.71. The molecule has 1 aromatic heterocycles. The van der Waals surface area contributed by atoms with Gasteiger partial charge in [0.1, 0.15) is 11.9 Å². The van der Waals surface area contributed by atoms with Crippen LogP contribution in [0.5, 0.6) is 0 Å². The number of anilines is 1. The summed E-state index contributed by atoms with van der Waals surface area (Å²) in [4.78, 5) is 24.1. The molecular weight excluding hydrogens is 409 g/mol. The van der Waals surface area contributed by atoms with Gasteiger partial charge < -0.3 is 20.3 Å². The van der Waals surface area contributed by atoms with E-state index in [0.717, 1.165) is 25.7 Å². The van der Waals surface area contributed by atoms with Gasteiger partial charge in [-0.25, -0.2) is 4.39 Å². The van der Waals surface area contributed by atoms with Crippen LogP contribution in [0, 0.1) is 5.82 Å². The number of nitrogens with one attached hydrogen (secondary N) is 2. The van der Waals surface area contributed by atoms with Gasteiger partial charge in [-0.2, -0.15) is 0 Å². The van der Waals surface area contributed by atoms with Crippen molar-refractivity contribution >= 4 is 35.0 Å². The second kappa shape index (κ2) is 10.8. The molecule has 8 heteroatoms. The third-order valence-corrected chi connectivity index (χ3v) is 5.79. The summed E-state index contributed by atoms with van der Waals surface area (Å²) in [6.07, 6.45) is 7.75. The van der Waals surface area contributed by atoms with Gasteiger partial charge in [0.05, 0.1) is 11.2 Å². The van der Waals surface area contributed by atoms with E-state index in [1.54, 1.807) is 19.2 Å². The highest BCUT2D eigenvalue weighted by Gasteiger charge is 2.19. The lowest BCUT2D eigenvalue weighted by molar-refractivity contribution is -0.139. The van der Waals surface area contributed by atoms with E-state index < -0.39 is 17.8 Å². The van der Waals surface area contributed by atoms with Gasteiger partial charge in [-0.3, -0.25) is 9.59 Å². The number of halogens is 2. The molecule has 1 atom stereocenters. The lowest BCUT2D eigenvalue weighted by Crippen LogP contribution is -2.36. The number of pyridine rings is 1. The normalized spacial score (nSPS) is 15.6. The summed E-state index contributed by atoms with van der Waals surface area (Å²) >= 11 is 0. The average molecular weight is 440 g/mol. The summed E-state index contributed by atoms with van der Waals surface area (Å²) in [5.41, 5.74) is 1.30. The third kappa shape index (κ3) is 5.32. The summed E-state index contributed by atoms with van der Waals surface area (Å²) in [7, 11) is 0. The van der Waals surface area contributed by atoms with Gasteiger partial charge in [0.15, 0.2) is 5.43 Å². The number of carboxylic acids is 1. The zero-order chi connectivity index (χ0) is 21.0. The van der Waals surface area contributed by atoms with Crippen LogP contribution in [0.4, 0.5) is 10.1 Å². The van der Waals surface area contributed by atoms with Crippen molar-refractivity contribution < 1.29 is 14.3 Å². The summed E-state index contributed by atoms with van der Waals surface area (Å²) < 4.78 is 16.7. The summed E-state index contributed by atoms with van der Waals surface area (Å²) in [5, 5.41) is 15.7. The lowest BCUT2D eigenvalue weighted by Gasteiger charge is -2.24. The Balaban J connectivity index is 0.00000320. The summed E-state index contributed by atoms with van der Waals surface area (Å²) in [6, 6.07) is 2.59. The molecule has 3 N–H and O–H groups in total. The molecule has 0 radical (unpaired) electrons. The largest absolute Gasteiger partial charge is 0.480 e. The smallest absolute Gasteiger partial charge is 0.320 e. The minimum Gasteiger partial charge on any atom is -0.480 e. The molecule has 1 aliphatic rings. The minimum atomic E-state index is -0.950. The Morgan fingerprint density at radius 2 is 1.97 bits per heavy atom. The van der Waals surface area contributed by atoms with Crippen molar-refractivity contribution in [2.45, 2.75) is 77.5 Å². The van der Waals surface area contributed by atoms with Crippen molar-refractivity contribution in [2.24, 2.45) is 0 Å². The molecule has 1 heterocycles. The maximum absolute atomic E-state index is 14.8. The Hall–Kier alpha value is -2.12. The number of aromatic nitrogens is 1. The quantitative estimate of drug-likeness (QED) is 0.571. The maximum Gasteiger partial charge on any atom is 0.320 e. The fraction of sp³-hybridized carbons (Fsp3) is 0.545. The second-order valence-corrected chi connectivity index (χ2v) is 7.78. The van der Waals surface area contributed by atoms with Crippen molar-refractivity contribution in [3.8, 4) is 0 Å². The molecule has 1 aliphatic carbocycles. The molecule has 30 heavy (non-hydrogen) atoms. The van der Waals surface area contributed by atoms with Crippen molar-refractivity contribution in [3.05, 3.63) is 39.9 Å². The first-order chi connectivity index (χ1) is 13.9. The van der Waals surface area contributed by atoms with E-state index in [4.69, 9.17) is 0 Å². The van der Waals surface area contributed by atoms with E-state index in [-0.39, 0.29) is 30.4 Å². The molecule has 0 saturated heterocycles. The molecule has 1 fully saturated rings. The Bertz CT molecular complexity index is 941. The van der Waals surface area contributed by atoms with Gasteiger partial charge in [0.25, 0.3) is 0 Å². The Labute approximate surface area is 182 Å². The SMILES string of the molecule is CCC(NCc1cn(CC)c2cc(NC3CCCCC3)c(F)cc2c1=O)C(=O)O.Cl. The number of aliphatic carboxylic acids is 1. The van der Waals surface area contributed by atoms with E-state index in [0.29, 0.717) is 35.1 Å². The van der Waals surface area contributed by atoms with Crippen molar-refractivity contribution in [1.29, 1.82) is 0 Å². The fourth-order valence-corrected chi connectivity index (χ4v) is 4.08. The van der Waals surface area contributed by atoms with Crippen LogP contribution in [-0.4, -0.2) is 27.7 Å². The standard InChI is InChI=1S/C22H30FN3O3.ClH/c1-3-18(22(28)29)24-12-14-13-26(4-2)20-11-19(17(23)10-16(20)21(14)27)25-15-8-6-5-7-9-15;/h10-11,13,15,18,24-25H,3-9,12H2,1-2H3,(H,28,29);1H. The van der Waals surface area contributed by atoms with E-state index in [2.05, 4.69) is 10.6 Å². The number of carboxylic acid groups (broad SMARTS) is 1. The Morgan fingerprint density at radius 3 is 2.57 bits per heavy atom. The molecule has 1 saturated carbocycles. The topological polar surface area (TPSA) is 83.4 Å². The predicted octanol–water partition coefficient (Wildman–Crippen LogP) is 4.28. The van der Waals surface area contributed by atoms with Gasteiger partial charge in [-0.05, 0) is 38.3 Å². The van der Waals surface area contributed by atoms with Crippen molar-refractivity contribution in [2.75, 3.05) is 5.32 Å². The number of hydrogen-bond acceptors (Lipinski definition) is 4. The number of rotatable bonds is 8. The first kappa shape index (κ1) is 24.2. The number of aryl methyl sites for hydroxylation is 1. The first-order valence-electron chi connectivity index (χ1n) is 10.5. The van der Waals surface area contributed by atoms with Gasteiger partial charge >= 0.3 is 5.97 Å². The van der Waals surface area contributed by atoms with Crippen LogP contribution in [0.15, 0.2) is 23.1 Å². The Kier molecular flexibility index (Phi) is 8.67. The monoisotopic (exact) mass is 439 g/mol. The highest BCUT2D eigenvalue weighted by atomic mass is 35.5. The number of benzene rings is 1. The van der Waals surface area contributed by atoms with E-state index in [9.17, 15) is 19.1 Å². The summed E-state index contributed by atoms with van der Waals surface area (Å²) in [5.74, 6) is -1.38. The molecule has 166 valence electrons. The Morgan fingerprint density at radius 1 is 1.27 bits per heavy atom. The number of hydrogen-bond donors (Lipinski definition) is 3. The second-order valence-electron chi connectivity index (χ2n) is 7.78. The molecule has 0 aliphatic heterocycles. The van der Waals surface area contributed by atoms with Gasteiger partial charge in [-0.1, -0.05) is 26.2 Å². The van der Waals surface area contributed by atoms with Crippen LogP contribution in [0.2, 0.25) is 0 Å². The lowest BCUT2D eigenvalue weighted by atomic mass is 9.95.